The summed E-state index contributed by atoms with van der Waals surface area (Å²) < 4.78 is 6.41. The van der Waals surface area contributed by atoms with Gasteiger partial charge in [-0.25, -0.2) is 4.99 Å². The predicted molar refractivity (Wildman–Crippen MR) is 112 cm³/mol. The van der Waals surface area contributed by atoms with Crippen LogP contribution >= 0.6 is 15.9 Å². The van der Waals surface area contributed by atoms with Gasteiger partial charge in [-0.15, -0.1) is 0 Å². The summed E-state index contributed by atoms with van der Waals surface area (Å²) in [5, 5.41) is 3.31. The molecule has 0 bridgehead atoms. The predicted octanol–water partition coefficient (Wildman–Crippen LogP) is 2.91. The van der Waals surface area contributed by atoms with E-state index in [0.29, 0.717) is 12.3 Å². The summed E-state index contributed by atoms with van der Waals surface area (Å²) in [5.74, 6) is 0.931. The number of amides is 1. The molecule has 0 unspecified atom stereocenters. The third-order valence-electron chi connectivity index (χ3n) is 3.72. The third kappa shape index (κ3) is 7.30. The zero-order valence-electron chi connectivity index (χ0n) is 15.6. The SMILES string of the molecule is CCNC(=NCc1cccc(OCC(N)=O)c1)N(C)Cc1ccc(Br)cc1. The molecule has 1 amide bonds. The molecular weight excluding hydrogens is 408 g/mol. The number of benzene rings is 2. The number of rotatable bonds is 8. The van der Waals surface area contributed by atoms with Gasteiger partial charge in [0.25, 0.3) is 5.91 Å². The Kier molecular flexibility index (Phi) is 8.13. The Labute approximate surface area is 168 Å². The molecule has 144 valence electrons. The van der Waals surface area contributed by atoms with Crippen molar-refractivity contribution in [3.05, 3.63) is 64.1 Å². The van der Waals surface area contributed by atoms with Gasteiger partial charge in [-0.05, 0) is 42.3 Å². The van der Waals surface area contributed by atoms with E-state index in [0.717, 1.165) is 29.1 Å². The normalized spacial score (nSPS) is 11.1. The number of nitrogens with zero attached hydrogens (tertiary/aromatic N) is 2. The number of hydrogen-bond acceptors (Lipinski definition) is 3. The van der Waals surface area contributed by atoms with Gasteiger partial charge >= 0.3 is 0 Å². The minimum atomic E-state index is -0.498. The standard InChI is InChI=1S/C20H25BrN4O2/c1-3-23-20(25(2)13-15-7-9-17(21)10-8-15)24-12-16-5-4-6-18(11-16)27-14-19(22)26/h4-11H,3,12-14H2,1-2H3,(H2,22,26)(H,23,24). The third-order valence-corrected chi connectivity index (χ3v) is 4.25. The van der Waals surface area contributed by atoms with Crippen LogP contribution in [-0.2, 0) is 17.9 Å². The van der Waals surface area contributed by atoms with Crippen molar-refractivity contribution >= 4 is 27.8 Å². The van der Waals surface area contributed by atoms with Gasteiger partial charge in [0.15, 0.2) is 12.6 Å². The van der Waals surface area contributed by atoms with Gasteiger partial charge in [0.2, 0.25) is 0 Å². The molecule has 0 atom stereocenters. The van der Waals surface area contributed by atoms with Crippen LogP contribution in [0.15, 0.2) is 58.0 Å². The van der Waals surface area contributed by atoms with Gasteiger partial charge in [-0.2, -0.15) is 0 Å². The van der Waals surface area contributed by atoms with Gasteiger partial charge in [0.1, 0.15) is 5.75 Å². The van der Waals surface area contributed by atoms with Crippen LogP contribution in [0.4, 0.5) is 0 Å². The quantitative estimate of drug-likeness (QED) is 0.496. The molecule has 0 spiro atoms. The molecule has 7 heteroatoms. The maximum absolute atomic E-state index is 10.8. The molecule has 6 nitrogen and oxygen atoms in total. The number of halogens is 1. The molecule has 0 fully saturated rings. The number of aliphatic imine (C=N–C) groups is 1. The smallest absolute Gasteiger partial charge is 0.255 e. The van der Waals surface area contributed by atoms with E-state index >= 15 is 0 Å². The molecule has 0 aromatic heterocycles. The van der Waals surface area contributed by atoms with Crippen LogP contribution in [0.25, 0.3) is 0 Å². The van der Waals surface area contributed by atoms with Crippen LogP contribution in [0.3, 0.4) is 0 Å². The highest BCUT2D eigenvalue weighted by Crippen LogP contribution is 2.15. The summed E-state index contributed by atoms with van der Waals surface area (Å²) in [6.45, 7) is 3.94. The number of nitrogens with two attached hydrogens (primary N) is 1. The molecule has 0 heterocycles. The number of carbonyl (C=O) groups is 1. The van der Waals surface area contributed by atoms with Crippen molar-refractivity contribution < 1.29 is 9.53 Å². The summed E-state index contributed by atoms with van der Waals surface area (Å²) in [6.07, 6.45) is 0. The number of hydrogen-bond donors (Lipinski definition) is 2. The van der Waals surface area contributed by atoms with Crippen molar-refractivity contribution in [3.8, 4) is 5.75 Å². The second kappa shape index (κ2) is 10.6. The number of nitrogens with one attached hydrogen (secondary N) is 1. The van der Waals surface area contributed by atoms with Crippen LogP contribution in [0.5, 0.6) is 5.75 Å². The average molecular weight is 433 g/mol. The maximum atomic E-state index is 10.8. The van der Waals surface area contributed by atoms with E-state index in [1.807, 2.05) is 44.3 Å². The summed E-state index contributed by atoms with van der Waals surface area (Å²) in [5.41, 5.74) is 7.30. The molecular formula is C20H25BrN4O2. The lowest BCUT2D eigenvalue weighted by atomic mass is 10.2. The molecule has 0 aliphatic rings. The molecule has 0 aliphatic heterocycles. The summed E-state index contributed by atoms with van der Waals surface area (Å²) in [6, 6.07) is 15.7. The van der Waals surface area contributed by atoms with Crippen LogP contribution < -0.4 is 15.8 Å². The van der Waals surface area contributed by atoms with Crippen LogP contribution in [0.1, 0.15) is 18.1 Å². The van der Waals surface area contributed by atoms with Crippen LogP contribution in [0.2, 0.25) is 0 Å². The largest absolute Gasteiger partial charge is 0.484 e. The Hall–Kier alpha value is -2.54. The zero-order valence-corrected chi connectivity index (χ0v) is 17.2. The van der Waals surface area contributed by atoms with Crippen molar-refractivity contribution in [1.82, 2.24) is 10.2 Å². The van der Waals surface area contributed by atoms with Gasteiger partial charge in [-0.1, -0.05) is 40.2 Å². The Balaban J connectivity index is 2.04. The van der Waals surface area contributed by atoms with E-state index in [4.69, 9.17) is 15.5 Å². The van der Waals surface area contributed by atoms with Crippen molar-refractivity contribution in [2.75, 3.05) is 20.2 Å². The summed E-state index contributed by atoms with van der Waals surface area (Å²) in [7, 11) is 2.01. The number of guanidine groups is 1. The van der Waals surface area contributed by atoms with Gasteiger partial charge < -0.3 is 20.7 Å². The second-order valence-electron chi connectivity index (χ2n) is 6.06. The van der Waals surface area contributed by atoms with Gasteiger partial charge in [0.05, 0.1) is 6.54 Å². The van der Waals surface area contributed by atoms with E-state index in [9.17, 15) is 4.79 Å². The molecule has 0 aliphatic carbocycles. The van der Waals surface area contributed by atoms with E-state index in [1.165, 1.54) is 5.56 Å². The van der Waals surface area contributed by atoms with Gasteiger partial charge in [-0.3, -0.25) is 4.79 Å². The van der Waals surface area contributed by atoms with Crippen molar-refractivity contribution in [2.24, 2.45) is 10.7 Å². The minimum Gasteiger partial charge on any atom is -0.484 e. The first-order valence-electron chi connectivity index (χ1n) is 8.72. The molecule has 27 heavy (non-hydrogen) atoms. The molecule has 2 aromatic rings. The molecule has 0 radical (unpaired) electrons. The lowest BCUT2D eigenvalue weighted by Crippen LogP contribution is -2.38. The Morgan fingerprint density at radius 1 is 1.22 bits per heavy atom. The molecule has 2 rings (SSSR count). The highest BCUT2D eigenvalue weighted by molar-refractivity contribution is 9.10. The second-order valence-corrected chi connectivity index (χ2v) is 6.97. The summed E-state index contributed by atoms with van der Waals surface area (Å²) >= 11 is 3.46. The molecule has 2 aromatic carbocycles. The van der Waals surface area contributed by atoms with Gasteiger partial charge in [0, 0.05) is 24.6 Å². The lowest BCUT2D eigenvalue weighted by molar-refractivity contribution is -0.119. The highest BCUT2D eigenvalue weighted by Gasteiger charge is 2.07. The molecule has 0 saturated heterocycles. The topological polar surface area (TPSA) is 80.0 Å². The number of primary amides is 1. The minimum absolute atomic E-state index is 0.134. The summed E-state index contributed by atoms with van der Waals surface area (Å²) in [4.78, 5) is 17.6. The first-order valence-corrected chi connectivity index (χ1v) is 9.51. The lowest BCUT2D eigenvalue weighted by Gasteiger charge is -2.22. The van der Waals surface area contributed by atoms with Crippen molar-refractivity contribution in [1.29, 1.82) is 0 Å². The fraction of sp³-hybridized carbons (Fsp3) is 0.300. The highest BCUT2D eigenvalue weighted by atomic mass is 79.9. The number of carbonyl (C=O) groups excluding carboxylic acids is 1. The Morgan fingerprint density at radius 3 is 2.63 bits per heavy atom. The monoisotopic (exact) mass is 432 g/mol. The fourth-order valence-electron chi connectivity index (χ4n) is 2.46. The number of ether oxygens (including phenoxy) is 1. The van der Waals surface area contributed by atoms with E-state index in [1.54, 1.807) is 6.07 Å². The van der Waals surface area contributed by atoms with E-state index in [2.05, 4.69) is 38.3 Å². The first-order chi connectivity index (χ1) is 13.0. The molecule has 3 N–H and O–H groups in total. The van der Waals surface area contributed by atoms with Crippen molar-refractivity contribution in [2.45, 2.75) is 20.0 Å². The molecule has 0 saturated carbocycles. The zero-order chi connectivity index (χ0) is 19.6. The maximum Gasteiger partial charge on any atom is 0.255 e. The van der Waals surface area contributed by atoms with E-state index < -0.39 is 5.91 Å². The Morgan fingerprint density at radius 2 is 1.96 bits per heavy atom. The first kappa shape index (κ1) is 20.8. The Bertz CT molecular complexity index is 778. The van der Waals surface area contributed by atoms with Crippen LogP contribution in [-0.4, -0.2) is 37.0 Å². The van der Waals surface area contributed by atoms with E-state index in [-0.39, 0.29) is 6.61 Å². The van der Waals surface area contributed by atoms with Crippen molar-refractivity contribution in [3.63, 3.8) is 0 Å². The van der Waals surface area contributed by atoms with Crippen LogP contribution in [0, 0.1) is 0 Å². The average Bonchev–Trinajstić information content (AvgIpc) is 2.65. The fourth-order valence-corrected chi connectivity index (χ4v) is 2.73.